The number of unbranched alkanes of at least 4 members (excludes halogenated alkanes) is 1. The number of likely N-dealkylation sites (tertiary alicyclic amines) is 1. The van der Waals surface area contributed by atoms with Crippen LogP contribution in [-0.2, 0) is 15.0 Å². The maximum atomic E-state index is 12.9. The average Bonchev–Trinajstić information content (AvgIpc) is 2.78. The van der Waals surface area contributed by atoms with E-state index in [2.05, 4.69) is 16.8 Å². The van der Waals surface area contributed by atoms with Crippen LogP contribution in [0.25, 0.3) is 0 Å². The Morgan fingerprint density at radius 1 is 1.14 bits per heavy atom. The van der Waals surface area contributed by atoms with Crippen LogP contribution in [-0.4, -0.2) is 87.1 Å². The summed E-state index contributed by atoms with van der Waals surface area (Å²) in [6.45, 7) is 5.84. The lowest BCUT2D eigenvalue weighted by atomic mass is 10.2. The lowest BCUT2D eigenvalue weighted by Crippen LogP contribution is -2.44. The van der Waals surface area contributed by atoms with Crippen molar-refractivity contribution in [2.45, 2.75) is 24.5 Å². The third-order valence-corrected chi connectivity index (χ3v) is 5.44. The molecule has 0 saturated carbocycles. The van der Waals surface area contributed by atoms with Crippen molar-refractivity contribution in [3.63, 3.8) is 0 Å². The molecular formula is C13H24FN3O3S. The number of amides is 1. The zero-order valence-corrected chi connectivity index (χ0v) is 13.3. The largest absolute Gasteiger partial charge is 0.341 e. The second kappa shape index (κ2) is 7.02. The lowest BCUT2D eigenvalue weighted by Gasteiger charge is -2.32. The Hall–Kier alpha value is -0.730. The highest BCUT2D eigenvalue weighted by atomic mass is 32.3. The summed E-state index contributed by atoms with van der Waals surface area (Å²) < 4.78 is 34.5. The van der Waals surface area contributed by atoms with Crippen molar-refractivity contribution >= 4 is 16.1 Å². The van der Waals surface area contributed by atoms with Gasteiger partial charge in [-0.15, -0.1) is 3.89 Å². The Kier molecular flexibility index (Phi) is 5.56. The van der Waals surface area contributed by atoms with Crippen molar-refractivity contribution in [1.29, 1.82) is 0 Å². The first-order chi connectivity index (χ1) is 9.86. The van der Waals surface area contributed by atoms with E-state index in [1.54, 1.807) is 0 Å². The van der Waals surface area contributed by atoms with Crippen LogP contribution in [0.5, 0.6) is 0 Å². The van der Waals surface area contributed by atoms with Gasteiger partial charge in [0.25, 0.3) is 0 Å². The molecule has 2 rings (SSSR count). The van der Waals surface area contributed by atoms with E-state index in [0.29, 0.717) is 6.54 Å². The summed E-state index contributed by atoms with van der Waals surface area (Å²) in [4.78, 5) is 17.8. The number of halogens is 1. The lowest BCUT2D eigenvalue weighted by molar-refractivity contribution is -0.127. The number of piperazine rings is 1. The van der Waals surface area contributed by atoms with Gasteiger partial charge in [0, 0.05) is 45.7 Å². The fraction of sp³-hybridized carbons (Fsp3) is 0.923. The van der Waals surface area contributed by atoms with Gasteiger partial charge in [-0.05, 0) is 26.4 Å². The first-order valence-corrected chi connectivity index (χ1v) is 8.93. The predicted octanol–water partition coefficient (Wildman–Crippen LogP) is -0.0858. The van der Waals surface area contributed by atoms with Gasteiger partial charge in [-0.25, -0.2) is 0 Å². The smallest absolute Gasteiger partial charge is 0.307 e. The summed E-state index contributed by atoms with van der Waals surface area (Å²) in [5.41, 5.74) is 0. The van der Waals surface area contributed by atoms with Crippen LogP contribution in [0.3, 0.4) is 0 Å². The van der Waals surface area contributed by atoms with Crippen molar-refractivity contribution in [2.75, 3.05) is 52.9 Å². The molecule has 2 aliphatic rings. The highest BCUT2D eigenvalue weighted by Crippen LogP contribution is 2.20. The number of carbonyl (C=O) groups excluding carboxylic acids is 1. The number of carbonyl (C=O) groups is 1. The van der Waals surface area contributed by atoms with E-state index in [1.807, 2.05) is 0 Å². The highest BCUT2D eigenvalue weighted by molar-refractivity contribution is 7.87. The van der Waals surface area contributed by atoms with E-state index in [4.69, 9.17) is 0 Å². The molecule has 0 aromatic carbocycles. The second-order valence-corrected chi connectivity index (χ2v) is 7.61. The molecule has 0 radical (unpaired) electrons. The molecule has 2 heterocycles. The Labute approximate surface area is 126 Å². The normalized spacial score (nSPS) is 25.7. The number of hydrogen-bond donors (Lipinski definition) is 0. The second-order valence-electron chi connectivity index (χ2n) is 5.99. The Balaban J connectivity index is 1.64. The number of hydrogen-bond acceptors (Lipinski definition) is 5. The van der Waals surface area contributed by atoms with E-state index in [0.717, 1.165) is 45.6 Å². The number of rotatable bonds is 6. The van der Waals surface area contributed by atoms with E-state index in [1.165, 1.54) is 4.90 Å². The van der Waals surface area contributed by atoms with Crippen LogP contribution in [0.15, 0.2) is 0 Å². The van der Waals surface area contributed by atoms with Crippen LogP contribution in [0.2, 0.25) is 0 Å². The van der Waals surface area contributed by atoms with E-state index in [9.17, 15) is 17.1 Å². The van der Waals surface area contributed by atoms with Gasteiger partial charge >= 0.3 is 10.2 Å². The van der Waals surface area contributed by atoms with Crippen LogP contribution < -0.4 is 0 Å². The molecule has 1 amide bonds. The van der Waals surface area contributed by atoms with E-state index in [-0.39, 0.29) is 18.9 Å². The zero-order valence-electron chi connectivity index (χ0n) is 12.5. The predicted molar refractivity (Wildman–Crippen MR) is 78.2 cm³/mol. The van der Waals surface area contributed by atoms with Gasteiger partial charge in [-0.1, -0.05) is 0 Å². The van der Waals surface area contributed by atoms with Gasteiger partial charge in [0.15, 0.2) is 0 Å². The molecule has 21 heavy (non-hydrogen) atoms. The molecule has 0 bridgehead atoms. The molecule has 0 N–H and O–H groups in total. The molecule has 0 aliphatic carbocycles. The molecule has 2 saturated heterocycles. The van der Waals surface area contributed by atoms with Crippen molar-refractivity contribution in [1.82, 2.24) is 14.7 Å². The van der Waals surface area contributed by atoms with Crippen molar-refractivity contribution in [3.05, 3.63) is 0 Å². The molecule has 0 spiro atoms. The summed E-state index contributed by atoms with van der Waals surface area (Å²) in [6, 6.07) is 0. The zero-order chi connectivity index (χ0) is 15.5. The van der Waals surface area contributed by atoms with E-state index >= 15 is 0 Å². The van der Waals surface area contributed by atoms with Gasteiger partial charge in [0.05, 0.1) is 0 Å². The van der Waals surface area contributed by atoms with Gasteiger partial charge in [-0.2, -0.15) is 8.42 Å². The molecule has 6 nitrogen and oxygen atoms in total. The standard InChI is InChI=1S/C13H24FN3O3S/c1-15-6-8-16(9-7-15)4-2-3-5-17-11-12(10-13(17)18)21(14,19)20/h12H,2-11H2,1H3. The molecule has 0 aromatic rings. The Morgan fingerprint density at radius 2 is 1.76 bits per heavy atom. The fourth-order valence-corrected chi connectivity index (χ4v) is 3.55. The average molecular weight is 321 g/mol. The van der Waals surface area contributed by atoms with Crippen LogP contribution >= 0.6 is 0 Å². The Bertz CT molecular complexity index is 463. The van der Waals surface area contributed by atoms with Gasteiger partial charge in [-0.3, -0.25) is 4.79 Å². The first kappa shape index (κ1) is 16.6. The third kappa shape index (κ3) is 4.89. The molecule has 1 atom stereocenters. The summed E-state index contributed by atoms with van der Waals surface area (Å²) in [7, 11) is -2.48. The quantitative estimate of drug-likeness (QED) is 0.506. The SMILES string of the molecule is CN1CCN(CCCCN2CC(S(=O)(=O)F)CC2=O)CC1. The summed E-state index contributed by atoms with van der Waals surface area (Å²) in [5.74, 6) is -0.249. The minimum absolute atomic E-state index is 0.00613. The molecule has 8 heteroatoms. The molecule has 2 aliphatic heterocycles. The topological polar surface area (TPSA) is 60.9 Å². The van der Waals surface area contributed by atoms with Crippen LogP contribution in [0.1, 0.15) is 19.3 Å². The number of nitrogens with zero attached hydrogens (tertiary/aromatic N) is 3. The fourth-order valence-electron chi connectivity index (χ4n) is 2.85. The van der Waals surface area contributed by atoms with Gasteiger partial charge in [0.1, 0.15) is 5.25 Å². The Morgan fingerprint density at radius 3 is 2.33 bits per heavy atom. The first-order valence-electron chi connectivity index (χ1n) is 7.48. The van der Waals surface area contributed by atoms with Crippen LogP contribution in [0, 0.1) is 0 Å². The van der Waals surface area contributed by atoms with Crippen molar-refractivity contribution in [3.8, 4) is 0 Å². The monoisotopic (exact) mass is 321 g/mol. The molecular weight excluding hydrogens is 297 g/mol. The van der Waals surface area contributed by atoms with Crippen molar-refractivity contribution < 1.29 is 17.1 Å². The van der Waals surface area contributed by atoms with Crippen molar-refractivity contribution in [2.24, 2.45) is 0 Å². The molecule has 1 unspecified atom stereocenters. The molecule has 122 valence electrons. The minimum Gasteiger partial charge on any atom is -0.341 e. The molecule has 2 fully saturated rings. The summed E-state index contributed by atoms with van der Waals surface area (Å²) in [6.07, 6.45) is 1.59. The summed E-state index contributed by atoms with van der Waals surface area (Å²) >= 11 is 0. The third-order valence-electron chi connectivity index (χ3n) is 4.33. The molecule has 0 aromatic heterocycles. The number of likely N-dealkylation sites (N-methyl/N-ethyl adjacent to an activating group) is 1. The minimum atomic E-state index is -4.60. The van der Waals surface area contributed by atoms with Gasteiger partial charge in [0.2, 0.25) is 5.91 Å². The van der Waals surface area contributed by atoms with Crippen LogP contribution in [0.4, 0.5) is 3.89 Å². The summed E-state index contributed by atoms with van der Waals surface area (Å²) in [5, 5.41) is -1.16. The van der Waals surface area contributed by atoms with E-state index < -0.39 is 15.5 Å². The van der Waals surface area contributed by atoms with Gasteiger partial charge < -0.3 is 14.7 Å². The highest BCUT2D eigenvalue weighted by Gasteiger charge is 2.37. The maximum Gasteiger partial charge on any atom is 0.307 e. The maximum absolute atomic E-state index is 12.9.